The fraction of sp³-hybridized carbons (Fsp3) is 0.462. The molecule has 0 spiro atoms. The summed E-state index contributed by atoms with van der Waals surface area (Å²) in [5.74, 6) is -0.0965. The molecule has 2 N–H and O–H groups in total. The van der Waals surface area contributed by atoms with E-state index in [0.717, 1.165) is 5.56 Å². The molecule has 94 valence electrons. The maximum atomic E-state index is 12.1. The lowest BCUT2D eigenvalue weighted by Crippen LogP contribution is -2.42. The van der Waals surface area contributed by atoms with Crippen molar-refractivity contribution in [1.82, 2.24) is 4.90 Å². The number of carbonyl (C=O) groups is 1. The third kappa shape index (κ3) is 3.54. The van der Waals surface area contributed by atoms with Crippen molar-refractivity contribution < 1.29 is 9.53 Å². The molecule has 0 saturated carbocycles. The molecule has 0 bridgehead atoms. The summed E-state index contributed by atoms with van der Waals surface area (Å²) in [7, 11) is 3.36. The van der Waals surface area contributed by atoms with Crippen LogP contribution >= 0.6 is 0 Å². The summed E-state index contributed by atoms with van der Waals surface area (Å²) in [6.45, 7) is 2.43. The fourth-order valence-corrected chi connectivity index (χ4v) is 1.59. The SMILES string of the molecule is COCC(C)N(C)C(=O)[C@H](N)c1ccccc1. The van der Waals surface area contributed by atoms with Crippen LogP contribution < -0.4 is 5.73 Å². The molecule has 1 aromatic carbocycles. The van der Waals surface area contributed by atoms with Gasteiger partial charge in [0.15, 0.2) is 0 Å². The lowest BCUT2D eigenvalue weighted by Gasteiger charge is -2.27. The highest BCUT2D eigenvalue weighted by atomic mass is 16.5. The van der Waals surface area contributed by atoms with Gasteiger partial charge in [-0.1, -0.05) is 30.3 Å². The van der Waals surface area contributed by atoms with Crippen LogP contribution in [-0.2, 0) is 9.53 Å². The molecule has 17 heavy (non-hydrogen) atoms. The molecular weight excluding hydrogens is 216 g/mol. The number of amides is 1. The van der Waals surface area contributed by atoms with Gasteiger partial charge in [0.1, 0.15) is 6.04 Å². The Labute approximate surface area is 102 Å². The Morgan fingerprint density at radius 2 is 2.00 bits per heavy atom. The number of nitrogens with zero attached hydrogens (tertiary/aromatic N) is 1. The van der Waals surface area contributed by atoms with Gasteiger partial charge in [-0.05, 0) is 12.5 Å². The number of hydrogen-bond acceptors (Lipinski definition) is 3. The zero-order valence-corrected chi connectivity index (χ0v) is 10.6. The maximum Gasteiger partial charge on any atom is 0.244 e. The first-order valence-corrected chi connectivity index (χ1v) is 5.64. The van der Waals surface area contributed by atoms with Crippen LogP contribution in [0.3, 0.4) is 0 Å². The van der Waals surface area contributed by atoms with E-state index in [1.807, 2.05) is 37.3 Å². The molecule has 0 aliphatic rings. The molecule has 0 aliphatic carbocycles. The van der Waals surface area contributed by atoms with Gasteiger partial charge < -0.3 is 15.4 Å². The molecule has 0 saturated heterocycles. The Kier molecular flexibility index (Phi) is 5.12. The quantitative estimate of drug-likeness (QED) is 0.835. The minimum atomic E-state index is -0.611. The third-order valence-electron chi connectivity index (χ3n) is 2.84. The Balaban J connectivity index is 2.70. The Hall–Kier alpha value is -1.39. The Morgan fingerprint density at radius 3 is 2.53 bits per heavy atom. The molecule has 0 aliphatic heterocycles. The number of ether oxygens (including phenoxy) is 1. The topological polar surface area (TPSA) is 55.6 Å². The van der Waals surface area contributed by atoms with Gasteiger partial charge in [-0.3, -0.25) is 4.79 Å². The van der Waals surface area contributed by atoms with Crippen LogP contribution in [0.4, 0.5) is 0 Å². The van der Waals surface area contributed by atoms with E-state index in [9.17, 15) is 4.79 Å². The Bertz CT molecular complexity index is 354. The lowest BCUT2D eigenvalue weighted by molar-refractivity contribution is -0.134. The van der Waals surface area contributed by atoms with Crippen LogP contribution in [0.15, 0.2) is 30.3 Å². The van der Waals surface area contributed by atoms with E-state index >= 15 is 0 Å². The highest BCUT2D eigenvalue weighted by Gasteiger charge is 2.22. The first-order chi connectivity index (χ1) is 8.07. The summed E-state index contributed by atoms with van der Waals surface area (Å²) in [6.07, 6.45) is 0. The van der Waals surface area contributed by atoms with Crippen LogP contribution in [-0.4, -0.2) is 37.6 Å². The largest absolute Gasteiger partial charge is 0.383 e. The predicted molar refractivity (Wildman–Crippen MR) is 67.5 cm³/mol. The number of rotatable bonds is 5. The van der Waals surface area contributed by atoms with Crippen molar-refractivity contribution in [2.75, 3.05) is 20.8 Å². The summed E-state index contributed by atoms with van der Waals surface area (Å²) < 4.78 is 5.03. The van der Waals surface area contributed by atoms with Crippen LogP contribution in [0, 0.1) is 0 Å². The summed E-state index contributed by atoms with van der Waals surface area (Å²) in [4.78, 5) is 13.7. The van der Waals surface area contributed by atoms with E-state index in [1.165, 1.54) is 0 Å². The molecule has 1 unspecified atom stereocenters. The van der Waals surface area contributed by atoms with Crippen molar-refractivity contribution in [3.8, 4) is 0 Å². The lowest BCUT2D eigenvalue weighted by atomic mass is 10.1. The number of hydrogen-bond donors (Lipinski definition) is 1. The van der Waals surface area contributed by atoms with Gasteiger partial charge in [0.25, 0.3) is 0 Å². The minimum absolute atomic E-state index is 0.0160. The second-order valence-electron chi connectivity index (χ2n) is 4.14. The molecule has 1 rings (SSSR count). The molecule has 0 radical (unpaired) electrons. The summed E-state index contributed by atoms with van der Waals surface area (Å²) in [6, 6.07) is 8.78. The van der Waals surface area contributed by atoms with Gasteiger partial charge in [-0.25, -0.2) is 0 Å². The number of carbonyl (C=O) groups excluding carboxylic acids is 1. The van der Waals surface area contributed by atoms with Crippen LogP contribution in [0.2, 0.25) is 0 Å². The molecule has 0 heterocycles. The summed E-state index contributed by atoms with van der Waals surface area (Å²) in [5.41, 5.74) is 6.77. The highest BCUT2D eigenvalue weighted by molar-refractivity contribution is 5.83. The molecule has 1 amide bonds. The van der Waals surface area contributed by atoms with Crippen LogP contribution in [0.25, 0.3) is 0 Å². The van der Waals surface area contributed by atoms with E-state index in [2.05, 4.69) is 0 Å². The number of benzene rings is 1. The molecule has 4 heteroatoms. The smallest absolute Gasteiger partial charge is 0.244 e. The minimum Gasteiger partial charge on any atom is -0.383 e. The predicted octanol–water partition coefficient (Wildman–Crippen LogP) is 1.18. The zero-order chi connectivity index (χ0) is 12.8. The van der Waals surface area contributed by atoms with Gasteiger partial charge in [-0.15, -0.1) is 0 Å². The van der Waals surface area contributed by atoms with E-state index < -0.39 is 6.04 Å². The molecule has 1 aromatic rings. The summed E-state index contributed by atoms with van der Waals surface area (Å²) >= 11 is 0. The zero-order valence-electron chi connectivity index (χ0n) is 10.6. The van der Waals surface area contributed by atoms with Crippen molar-refractivity contribution >= 4 is 5.91 Å². The molecule has 0 fully saturated rings. The van der Waals surface area contributed by atoms with Crippen molar-refractivity contribution in [1.29, 1.82) is 0 Å². The number of likely N-dealkylation sites (N-methyl/N-ethyl adjacent to an activating group) is 1. The number of nitrogens with two attached hydrogens (primary N) is 1. The molecule has 4 nitrogen and oxygen atoms in total. The van der Waals surface area contributed by atoms with Crippen molar-refractivity contribution in [3.05, 3.63) is 35.9 Å². The standard InChI is InChI=1S/C13H20N2O2/c1-10(9-17-3)15(2)13(16)12(14)11-7-5-4-6-8-11/h4-8,10,12H,9,14H2,1-3H3/t10?,12-/m1/s1. The van der Waals surface area contributed by atoms with Crippen LogP contribution in [0.5, 0.6) is 0 Å². The third-order valence-corrected chi connectivity index (χ3v) is 2.84. The molecular formula is C13H20N2O2. The van der Waals surface area contributed by atoms with Gasteiger partial charge in [0, 0.05) is 14.2 Å². The Morgan fingerprint density at radius 1 is 1.41 bits per heavy atom. The summed E-state index contributed by atoms with van der Waals surface area (Å²) in [5, 5.41) is 0. The first-order valence-electron chi connectivity index (χ1n) is 5.64. The molecule has 0 aromatic heterocycles. The van der Waals surface area contributed by atoms with E-state index in [-0.39, 0.29) is 11.9 Å². The van der Waals surface area contributed by atoms with Crippen molar-refractivity contribution in [2.45, 2.75) is 19.0 Å². The van der Waals surface area contributed by atoms with Crippen molar-refractivity contribution in [3.63, 3.8) is 0 Å². The maximum absolute atomic E-state index is 12.1. The first kappa shape index (κ1) is 13.7. The normalized spacial score (nSPS) is 14.1. The van der Waals surface area contributed by atoms with E-state index in [1.54, 1.807) is 19.1 Å². The second kappa shape index (κ2) is 6.37. The van der Waals surface area contributed by atoms with Gasteiger partial charge >= 0.3 is 0 Å². The second-order valence-corrected chi connectivity index (χ2v) is 4.14. The average molecular weight is 236 g/mol. The average Bonchev–Trinajstić information content (AvgIpc) is 2.37. The van der Waals surface area contributed by atoms with E-state index in [4.69, 9.17) is 10.5 Å². The van der Waals surface area contributed by atoms with Crippen LogP contribution in [0.1, 0.15) is 18.5 Å². The highest BCUT2D eigenvalue weighted by Crippen LogP contribution is 2.13. The monoisotopic (exact) mass is 236 g/mol. The number of methoxy groups -OCH3 is 1. The van der Waals surface area contributed by atoms with E-state index in [0.29, 0.717) is 6.61 Å². The van der Waals surface area contributed by atoms with Gasteiger partial charge in [0.2, 0.25) is 5.91 Å². The van der Waals surface area contributed by atoms with Crippen molar-refractivity contribution in [2.24, 2.45) is 5.73 Å². The molecule has 2 atom stereocenters. The van der Waals surface area contributed by atoms with Gasteiger partial charge in [0.05, 0.1) is 12.6 Å². The fourth-order valence-electron chi connectivity index (χ4n) is 1.59. The van der Waals surface area contributed by atoms with Gasteiger partial charge in [-0.2, -0.15) is 0 Å².